The van der Waals surface area contributed by atoms with Gasteiger partial charge in [-0.25, -0.2) is 0 Å². The Bertz CT molecular complexity index is 246. The molecule has 92 valence electrons. The van der Waals surface area contributed by atoms with Crippen LogP contribution in [0.15, 0.2) is 0 Å². The second-order valence-corrected chi connectivity index (χ2v) is 5.66. The molecule has 0 atom stereocenters. The Kier molecular flexibility index (Phi) is 4.76. The summed E-state index contributed by atoms with van der Waals surface area (Å²) < 4.78 is 0. The smallest absolute Gasteiger partial charge is 0.104 e. The Hall–Kier alpha value is -0.590. The average Bonchev–Trinajstić information content (AvgIpc) is 2.27. The molecule has 0 spiro atoms. The number of rotatable bonds is 4. The summed E-state index contributed by atoms with van der Waals surface area (Å²) in [4.78, 5) is 2.44. The predicted molar refractivity (Wildman–Crippen MR) is 66.9 cm³/mol. The van der Waals surface area contributed by atoms with E-state index >= 15 is 0 Å². The largest absolute Gasteiger partial charge is 0.313 e. The van der Waals surface area contributed by atoms with E-state index in [1.807, 2.05) is 0 Å². The van der Waals surface area contributed by atoms with Crippen molar-refractivity contribution in [2.45, 2.75) is 57.5 Å². The Morgan fingerprint density at radius 1 is 1.44 bits per heavy atom. The molecule has 0 unspecified atom stereocenters. The van der Waals surface area contributed by atoms with Crippen LogP contribution >= 0.6 is 0 Å². The molecule has 0 heterocycles. The lowest BCUT2D eigenvalue weighted by atomic mass is 9.81. The van der Waals surface area contributed by atoms with Crippen LogP contribution in [0, 0.1) is 17.2 Å². The van der Waals surface area contributed by atoms with E-state index in [9.17, 15) is 0 Å². The Morgan fingerprint density at radius 3 is 2.44 bits per heavy atom. The van der Waals surface area contributed by atoms with Gasteiger partial charge in [-0.15, -0.1) is 0 Å². The molecule has 1 saturated carbocycles. The topological polar surface area (TPSA) is 53.0 Å². The Morgan fingerprint density at radius 2 is 2.00 bits per heavy atom. The van der Waals surface area contributed by atoms with Gasteiger partial charge in [0.25, 0.3) is 0 Å². The molecule has 0 aromatic heterocycles. The number of nitrogens with zero attached hydrogens (tertiary/aromatic N) is 2. The van der Waals surface area contributed by atoms with Gasteiger partial charge in [0.15, 0.2) is 0 Å². The summed E-state index contributed by atoms with van der Waals surface area (Å²) in [5.74, 6) is 0.763. The Labute approximate surface area is 99.6 Å². The van der Waals surface area contributed by atoms with Crippen molar-refractivity contribution in [2.75, 3.05) is 13.6 Å². The van der Waals surface area contributed by atoms with Gasteiger partial charge >= 0.3 is 0 Å². The Balaban J connectivity index is 2.33. The third-order valence-electron chi connectivity index (χ3n) is 3.75. The molecule has 3 nitrogen and oxygen atoms in total. The van der Waals surface area contributed by atoms with Gasteiger partial charge in [0.2, 0.25) is 0 Å². The number of nitrogens with two attached hydrogens (primary N) is 1. The van der Waals surface area contributed by atoms with E-state index in [1.165, 1.54) is 6.42 Å². The molecular weight excluding hydrogens is 198 g/mol. The standard InChI is InChI=1S/C13H25N3/c1-11(2)6-9-16(3)12-4-7-13(15,10-14)8-5-12/h11-12H,4-9,15H2,1-3H3. The highest BCUT2D eigenvalue weighted by atomic mass is 15.1. The predicted octanol–water partition coefficient (Wildman–Crippen LogP) is 2.13. The molecule has 0 bridgehead atoms. The first kappa shape index (κ1) is 13.5. The number of hydrogen-bond donors (Lipinski definition) is 1. The van der Waals surface area contributed by atoms with Crippen molar-refractivity contribution < 1.29 is 0 Å². The van der Waals surface area contributed by atoms with Crippen LogP contribution in [0.5, 0.6) is 0 Å². The van der Waals surface area contributed by atoms with Gasteiger partial charge in [-0.2, -0.15) is 5.26 Å². The van der Waals surface area contributed by atoms with Crippen molar-refractivity contribution in [2.24, 2.45) is 11.7 Å². The third-order valence-corrected chi connectivity index (χ3v) is 3.75. The number of hydrogen-bond acceptors (Lipinski definition) is 3. The van der Waals surface area contributed by atoms with E-state index in [4.69, 9.17) is 11.0 Å². The molecule has 1 aliphatic rings. The van der Waals surface area contributed by atoms with Gasteiger partial charge in [-0.05, 0) is 51.6 Å². The summed E-state index contributed by atoms with van der Waals surface area (Å²) in [5.41, 5.74) is 5.42. The first-order chi connectivity index (χ1) is 7.47. The number of nitriles is 1. The van der Waals surface area contributed by atoms with Crippen LogP contribution in [0.3, 0.4) is 0 Å². The molecule has 1 aliphatic carbocycles. The average molecular weight is 223 g/mol. The van der Waals surface area contributed by atoms with Crippen molar-refractivity contribution in [3.63, 3.8) is 0 Å². The molecular formula is C13H25N3. The second-order valence-electron chi connectivity index (χ2n) is 5.66. The maximum absolute atomic E-state index is 8.96. The zero-order chi connectivity index (χ0) is 12.2. The molecule has 1 rings (SSSR count). The minimum Gasteiger partial charge on any atom is -0.313 e. The van der Waals surface area contributed by atoms with Crippen LogP contribution in [0.4, 0.5) is 0 Å². The third kappa shape index (κ3) is 3.77. The van der Waals surface area contributed by atoms with Gasteiger partial charge < -0.3 is 10.6 Å². The molecule has 0 aliphatic heterocycles. The minimum absolute atomic E-state index is 0.546. The van der Waals surface area contributed by atoms with E-state index in [1.54, 1.807) is 0 Å². The van der Waals surface area contributed by atoms with E-state index in [0.717, 1.165) is 38.1 Å². The monoisotopic (exact) mass is 223 g/mol. The fourth-order valence-electron chi connectivity index (χ4n) is 2.31. The van der Waals surface area contributed by atoms with Gasteiger partial charge in [0, 0.05) is 6.04 Å². The van der Waals surface area contributed by atoms with Crippen molar-refractivity contribution in [3.8, 4) is 6.07 Å². The van der Waals surface area contributed by atoms with Gasteiger partial charge in [0.05, 0.1) is 6.07 Å². The zero-order valence-corrected chi connectivity index (χ0v) is 10.9. The van der Waals surface area contributed by atoms with Crippen LogP contribution in [-0.2, 0) is 0 Å². The maximum Gasteiger partial charge on any atom is 0.104 e. The van der Waals surface area contributed by atoms with Crippen molar-refractivity contribution in [1.29, 1.82) is 5.26 Å². The van der Waals surface area contributed by atoms with Crippen molar-refractivity contribution in [1.82, 2.24) is 4.90 Å². The molecule has 1 fully saturated rings. The van der Waals surface area contributed by atoms with Gasteiger partial charge in [-0.1, -0.05) is 13.8 Å². The second kappa shape index (κ2) is 5.65. The molecule has 3 heteroatoms. The highest BCUT2D eigenvalue weighted by Crippen LogP contribution is 2.28. The normalized spacial score (nSPS) is 30.7. The quantitative estimate of drug-likeness (QED) is 0.794. The summed E-state index contributed by atoms with van der Waals surface area (Å²) in [6.07, 6.45) is 5.08. The van der Waals surface area contributed by atoms with Crippen LogP contribution < -0.4 is 5.73 Å². The lowest BCUT2D eigenvalue weighted by Gasteiger charge is -2.37. The summed E-state index contributed by atoms with van der Waals surface area (Å²) in [6.45, 7) is 5.68. The fourth-order valence-corrected chi connectivity index (χ4v) is 2.31. The van der Waals surface area contributed by atoms with E-state index in [-0.39, 0.29) is 0 Å². The summed E-state index contributed by atoms with van der Waals surface area (Å²) in [6, 6.07) is 2.88. The van der Waals surface area contributed by atoms with Crippen molar-refractivity contribution >= 4 is 0 Å². The summed E-state index contributed by atoms with van der Waals surface area (Å²) in [5, 5.41) is 8.96. The summed E-state index contributed by atoms with van der Waals surface area (Å²) >= 11 is 0. The van der Waals surface area contributed by atoms with Gasteiger partial charge in [-0.3, -0.25) is 0 Å². The molecule has 0 aromatic carbocycles. The molecule has 0 amide bonds. The van der Waals surface area contributed by atoms with Crippen LogP contribution in [0.2, 0.25) is 0 Å². The highest BCUT2D eigenvalue weighted by molar-refractivity contribution is 5.07. The molecule has 2 N–H and O–H groups in total. The lowest BCUT2D eigenvalue weighted by molar-refractivity contribution is 0.161. The van der Waals surface area contributed by atoms with Crippen LogP contribution in [0.1, 0.15) is 46.0 Å². The van der Waals surface area contributed by atoms with Crippen LogP contribution in [0.25, 0.3) is 0 Å². The van der Waals surface area contributed by atoms with E-state index < -0.39 is 5.54 Å². The molecule has 16 heavy (non-hydrogen) atoms. The first-order valence-corrected chi connectivity index (χ1v) is 6.37. The van der Waals surface area contributed by atoms with E-state index in [2.05, 4.69) is 31.9 Å². The maximum atomic E-state index is 8.96. The van der Waals surface area contributed by atoms with E-state index in [0.29, 0.717) is 6.04 Å². The minimum atomic E-state index is -0.546. The van der Waals surface area contributed by atoms with Crippen molar-refractivity contribution in [3.05, 3.63) is 0 Å². The lowest BCUT2D eigenvalue weighted by Crippen LogP contribution is -2.46. The SMILES string of the molecule is CC(C)CCN(C)C1CCC(N)(C#N)CC1. The van der Waals surface area contributed by atoms with Gasteiger partial charge in [0.1, 0.15) is 5.54 Å². The van der Waals surface area contributed by atoms with Crippen LogP contribution in [-0.4, -0.2) is 30.1 Å². The zero-order valence-electron chi connectivity index (χ0n) is 10.9. The summed E-state index contributed by atoms with van der Waals surface area (Å²) in [7, 11) is 2.20. The molecule has 0 saturated heterocycles. The first-order valence-electron chi connectivity index (χ1n) is 6.37. The molecule has 0 radical (unpaired) electrons. The molecule has 0 aromatic rings. The fraction of sp³-hybridized carbons (Fsp3) is 0.923. The highest BCUT2D eigenvalue weighted by Gasteiger charge is 2.32.